The van der Waals surface area contributed by atoms with Crippen molar-refractivity contribution in [2.45, 2.75) is 46.1 Å². The van der Waals surface area contributed by atoms with Crippen LogP contribution >= 0.6 is 0 Å². The van der Waals surface area contributed by atoms with E-state index in [-0.39, 0.29) is 0 Å². The lowest BCUT2D eigenvalue weighted by molar-refractivity contribution is 0.437. The number of anilines is 1. The molecule has 1 unspecified atom stereocenters. The molecular formula is C14H21N5. The number of hydrogen-bond acceptors (Lipinski definition) is 4. The third kappa shape index (κ3) is 2.92. The van der Waals surface area contributed by atoms with Gasteiger partial charge in [-0.25, -0.2) is 4.68 Å². The smallest absolute Gasteiger partial charge is 0.182 e. The predicted octanol–water partition coefficient (Wildman–Crippen LogP) is 2.98. The molecule has 0 bridgehead atoms. The SMILES string of the molecule is CCCCC(C)n1nnnc1-c1cc(N)ccc1C. The van der Waals surface area contributed by atoms with Gasteiger partial charge in [0, 0.05) is 11.3 Å². The molecule has 0 saturated carbocycles. The molecule has 19 heavy (non-hydrogen) atoms. The summed E-state index contributed by atoms with van der Waals surface area (Å²) in [4.78, 5) is 0. The van der Waals surface area contributed by atoms with Gasteiger partial charge in [0.2, 0.25) is 0 Å². The van der Waals surface area contributed by atoms with E-state index in [0.29, 0.717) is 6.04 Å². The summed E-state index contributed by atoms with van der Waals surface area (Å²) in [7, 11) is 0. The molecule has 0 spiro atoms. The fourth-order valence-corrected chi connectivity index (χ4v) is 2.17. The van der Waals surface area contributed by atoms with Gasteiger partial charge in [-0.3, -0.25) is 0 Å². The zero-order valence-corrected chi connectivity index (χ0v) is 11.8. The van der Waals surface area contributed by atoms with Gasteiger partial charge in [-0.1, -0.05) is 25.8 Å². The Labute approximate surface area is 113 Å². The highest BCUT2D eigenvalue weighted by Gasteiger charge is 2.16. The van der Waals surface area contributed by atoms with Crippen LogP contribution in [0.5, 0.6) is 0 Å². The van der Waals surface area contributed by atoms with Crippen LogP contribution in [0.4, 0.5) is 5.69 Å². The van der Waals surface area contributed by atoms with E-state index in [2.05, 4.69) is 29.4 Å². The maximum absolute atomic E-state index is 5.86. The van der Waals surface area contributed by atoms with E-state index < -0.39 is 0 Å². The molecule has 0 saturated heterocycles. The minimum atomic E-state index is 0.297. The van der Waals surface area contributed by atoms with Crippen LogP contribution < -0.4 is 5.73 Å². The molecule has 1 aromatic heterocycles. The Balaban J connectivity index is 2.35. The van der Waals surface area contributed by atoms with Gasteiger partial charge in [-0.05, 0) is 48.4 Å². The molecule has 0 amide bonds. The summed E-state index contributed by atoms with van der Waals surface area (Å²) >= 11 is 0. The molecule has 5 heteroatoms. The van der Waals surface area contributed by atoms with E-state index in [1.165, 1.54) is 12.8 Å². The van der Waals surface area contributed by atoms with Gasteiger partial charge in [0.15, 0.2) is 5.82 Å². The van der Waals surface area contributed by atoms with Crippen LogP contribution in [0.1, 0.15) is 44.7 Å². The van der Waals surface area contributed by atoms with E-state index in [9.17, 15) is 0 Å². The largest absolute Gasteiger partial charge is 0.399 e. The van der Waals surface area contributed by atoms with Crippen LogP contribution in [0.3, 0.4) is 0 Å². The van der Waals surface area contributed by atoms with Crippen LogP contribution in [0, 0.1) is 6.92 Å². The van der Waals surface area contributed by atoms with Crippen molar-refractivity contribution in [3.63, 3.8) is 0 Å². The van der Waals surface area contributed by atoms with E-state index in [4.69, 9.17) is 5.73 Å². The quantitative estimate of drug-likeness (QED) is 0.838. The third-order valence-corrected chi connectivity index (χ3v) is 3.39. The van der Waals surface area contributed by atoms with Gasteiger partial charge in [0.25, 0.3) is 0 Å². The molecule has 0 aliphatic heterocycles. The zero-order chi connectivity index (χ0) is 13.8. The molecule has 0 fully saturated rings. The number of hydrogen-bond donors (Lipinski definition) is 1. The fourth-order valence-electron chi connectivity index (χ4n) is 2.17. The number of aryl methyl sites for hydroxylation is 1. The first-order valence-electron chi connectivity index (χ1n) is 6.77. The second kappa shape index (κ2) is 5.82. The fraction of sp³-hybridized carbons (Fsp3) is 0.500. The number of aromatic nitrogens is 4. The number of rotatable bonds is 5. The number of tetrazole rings is 1. The second-order valence-electron chi connectivity index (χ2n) is 5.01. The van der Waals surface area contributed by atoms with Crippen molar-refractivity contribution < 1.29 is 0 Å². The molecule has 0 aliphatic carbocycles. The number of benzene rings is 1. The molecule has 2 rings (SSSR count). The predicted molar refractivity (Wildman–Crippen MR) is 76.6 cm³/mol. The highest BCUT2D eigenvalue weighted by atomic mass is 15.5. The summed E-state index contributed by atoms with van der Waals surface area (Å²) < 4.78 is 1.90. The van der Waals surface area contributed by atoms with Crippen molar-refractivity contribution in [1.82, 2.24) is 20.2 Å². The minimum absolute atomic E-state index is 0.297. The van der Waals surface area contributed by atoms with Crippen molar-refractivity contribution in [3.8, 4) is 11.4 Å². The summed E-state index contributed by atoms with van der Waals surface area (Å²) in [5.74, 6) is 0.799. The van der Waals surface area contributed by atoms with Gasteiger partial charge in [0.1, 0.15) is 0 Å². The molecular weight excluding hydrogens is 238 g/mol. The Morgan fingerprint density at radius 2 is 2.16 bits per heavy atom. The highest BCUT2D eigenvalue weighted by Crippen LogP contribution is 2.26. The zero-order valence-electron chi connectivity index (χ0n) is 11.8. The monoisotopic (exact) mass is 259 g/mol. The Morgan fingerprint density at radius 3 is 2.89 bits per heavy atom. The molecule has 2 N–H and O–H groups in total. The second-order valence-corrected chi connectivity index (χ2v) is 5.01. The average Bonchev–Trinajstić information content (AvgIpc) is 2.88. The first-order valence-corrected chi connectivity index (χ1v) is 6.77. The first kappa shape index (κ1) is 13.5. The summed E-state index contributed by atoms with van der Waals surface area (Å²) in [5, 5.41) is 12.1. The maximum atomic E-state index is 5.86. The Morgan fingerprint density at radius 1 is 1.37 bits per heavy atom. The van der Waals surface area contributed by atoms with Gasteiger partial charge in [-0.2, -0.15) is 0 Å². The molecule has 0 aliphatic rings. The average molecular weight is 259 g/mol. The van der Waals surface area contributed by atoms with Crippen molar-refractivity contribution in [2.75, 3.05) is 5.73 Å². The van der Waals surface area contributed by atoms with Gasteiger partial charge in [0.05, 0.1) is 6.04 Å². The lowest BCUT2D eigenvalue weighted by Crippen LogP contribution is -2.09. The van der Waals surface area contributed by atoms with Gasteiger partial charge < -0.3 is 5.73 Å². The van der Waals surface area contributed by atoms with Crippen LogP contribution in [-0.2, 0) is 0 Å². The van der Waals surface area contributed by atoms with E-state index in [1.807, 2.05) is 29.8 Å². The van der Waals surface area contributed by atoms with Crippen molar-refractivity contribution >= 4 is 5.69 Å². The third-order valence-electron chi connectivity index (χ3n) is 3.39. The Hall–Kier alpha value is -1.91. The lowest BCUT2D eigenvalue weighted by atomic mass is 10.1. The van der Waals surface area contributed by atoms with E-state index in [0.717, 1.165) is 29.1 Å². The molecule has 5 nitrogen and oxygen atoms in total. The standard InChI is InChI=1S/C14H21N5/c1-4-5-6-11(3)19-14(16-17-18-19)13-9-12(15)8-7-10(13)2/h7-9,11H,4-6,15H2,1-3H3. The van der Waals surface area contributed by atoms with Gasteiger partial charge >= 0.3 is 0 Å². The van der Waals surface area contributed by atoms with Crippen LogP contribution in [0.15, 0.2) is 18.2 Å². The number of nitrogens with zero attached hydrogens (tertiary/aromatic N) is 4. The van der Waals surface area contributed by atoms with Crippen molar-refractivity contribution in [1.29, 1.82) is 0 Å². The number of unbranched alkanes of at least 4 members (excludes halogenated alkanes) is 1. The normalized spacial score (nSPS) is 12.6. The molecule has 102 valence electrons. The summed E-state index contributed by atoms with van der Waals surface area (Å²) in [5.41, 5.74) is 8.73. The summed E-state index contributed by atoms with van der Waals surface area (Å²) in [6.07, 6.45) is 3.44. The molecule has 0 radical (unpaired) electrons. The minimum Gasteiger partial charge on any atom is -0.399 e. The molecule has 1 atom stereocenters. The van der Waals surface area contributed by atoms with Crippen LogP contribution in [0.2, 0.25) is 0 Å². The van der Waals surface area contributed by atoms with E-state index in [1.54, 1.807) is 0 Å². The molecule has 2 aromatic rings. The van der Waals surface area contributed by atoms with Crippen molar-refractivity contribution in [2.24, 2.45) is 0 Å². The Bertz CT molecular complexity index is 547. The topological polar surface area (TPSA) is 69.6 Å². The summed E-state index contributed by atoms with van der Waals surface area (Å²) in [6.45, 7) is 6.39. The van der Waals surface area contributed by atoms with Gasteiger partial charge in [-0.15, -0.1) is 5.10 Å². The Kier molecular flexibility index (Phi) is 4.14. The summed E-state index contributed by atoms with van der Waals surface area (Å²) in [6, 6.07) is 6.13. The van der Waals surface area contributed by atoms with Crippen LogP contribution in [-0.4, -0.2) is 20.2 Å². The molecule has 1 aromatic carbocycles. The highest BCUT2D eigenvalue weighted by molar-refractivity contribution is 5.65. The first-order chi connectivity index (χ1) is 9.13. The van der Waals surface area contributed by atoms with E-state index >= 15 is 0 Å². The number of nitrogen functional groups attached to an aromatic ring is 1. The molecule has 1 heterocycles. The lowest BCUT2D eigenvalue weighted by Gasteiger charge is -2.14. The maximum Gasteiger partial charge on any atom is 0.182 e. The van der Waals surface area contributed by atoms with Crippen LogP contribution in [0.25, 0.3) is 11.4 Å². The number of nitrogens with two attached hydrogens (primary N) is 1. The van der Waals surface area contributed by atoms with Crippen molar-refractivity contribution in [3.05, 3.63) is 23.8 Å².